The molecule has 1 fully saturated rings. The van der Waals surface area contributed by atoms with Crippen molar-refractivity contribution in [3.8, 4) is 0 Å². The van der Waals surface area contributed by atoms with E-state index in [1.165, 1.54) is 12.8 Å². The molecule has 192 valence electrons. The summed E-state index contributed by atoms with van der Waals surface area (Å²) in [6, 6.07) is 10.8. The number of benzene rings is 2. The van der Waals surface area contributed by atoms with Gasteiger partial charge >= 0.3 is 0 Å². The highest BCUT2D eigenvalue weighted by molar-refractivity contribution is 6.34. The van der Waals surface area contributed by atoms with Crippen molar-refractivity contribution < 1.29 is 9.59 Å². The monoisotopic (exact) mass is 529 g/mol. The van der Waals surface area contributed by atoms with Gasteiger partial charge in [-0.1, -0.05) is 51.3 Å². The molecule has 2 amide bonds. The third-order valence-electron chi connectivity index (χ3n) is 6.34. The molecule has 1 saturated carbocycles. The molecule has 0 radical (unpaired) electrons. The molecule has 1 heterocycles. The number of carbonyl (C=O) groups is 2. The van der Waals surface area contributed by atoms with Crippen LogP contribution in [0.5, 0.6) is 0 Å². The molecule has 7 nitrogen and oxygen atoms in total. The summed E-state index contributed by atoms with van der Waals surface area (Å²) in [5, 5.41) is 10.3. The fourth-order valence-electron chi connectivity index (χ4n) is 4.28. The molecule has 0 atom stereocenters. The van der Waals surface area contributed by atoms with Gasteiger partial charge < -0.3 is 16.0 Å². The van der Waals surface area contributed by atoms with Gasteiger partial charge in [-0.2, -0.15) is 0 Å². The summed E-state index contributed by atoms with van der Waals surface area (Å²) in [4.78, 5) is 34.9. The summed E-state index contributed by atoms with van der Waals surface area (Å²) in [6.07, 6.45) is 4.62. The largest absolute Gasteiger partial charge is 0.373 e. The Morgan fingerprint density at radius 3 is 2.44 bits per heavy atom. The lowest BCUT2D eigenvalue weighted by molar-refractivity contribution is -0.128. The lowest BCUT2D eigenvalue weighted by Gasteiger charge is -2.18. The minimum atomic E-state index is -0.489. The molecule has 2 aromatic carbocycles. The van der Waals surface area contributed by atoms with Crippen LogP contribution in [0, 0.1) is 5.41 Å². The third kappa shape index (κ3) is 6.26. The maximum atomic E-state index is 13.1. The Balaban J connectivity index is 0.00000361. The molecular weight excluding hydrogens is 497 g/mol. The number of carbonyl (C=O) groups excluding carboxylic acids is 2. The number of nitrogens with zero attached hydrogens (tertiary/aromatic N) is 2. The van der Waals surface area contributed by atoms with Crippen LogP contribution in [0.1, 0.15) is 74.1 Å². The first-order valence-electron chi connectivity index (χ1n) is 12.0. The first-order valence-corrected chi connectivity index (χ1v) is 12.4. The van der Waals surface area contributed by atoms with Crippen LogP contribution in [0.4, 0.5) is 11.5 Å². The van der Waals surface area contributed by atoms with Crippen molar-refractivity contribution in [2.24, 2.45) is 5.41 Å². The lowest BCUT2D eigenvalue weighted by Crippen LogP contribution is -2.34. The van der Waals surface area contributed by atoms with Gasteiger partial charge in [0.25, 0.3) is 5.91 Å². The van der Waals surface area contributed by atoms with E-state index in [9.17, 15) is 9.59 Å². The van der Waals surface area contributed by atoms with Gasteiger partial charge in [-0.3, -0.25) is 9.59 Å². The van der Waals surface area contributed by atoms with Crippen LogP contribution >= 0.6 is 24.0 Å². The molecule has 0 unspecified atom stereocenters. The molecule has 9 heteroatoms. The summed E-state index contributed by atoms with van der Waals surface area (Å²) in [6.45, 7) is 5.88. The Kier molecular flexibility index (Phi) is 8.80. The third-order valence-corrected chi connectivity index (χ3v) is 6.67. The zero-order chi connectivity index (χ0) is 25.2. The second-order valence-corrected chi connectivity index (χ2v) is 10.5. The minimum absolute atomic E-state index is 0. The Hall–Kier alpha value is -2.90. The highest BCUT2D eigenvalue weighted by Crippen LogP contribution is 2.34. The Morgan fingerprint density at radius 1 is 1.06 bits per heavy atom. The average molecular weight is 531 g/mol. The van der Waals surface area contributed by atoms with E-state index in [2.05, 4.69) is 16.0 Å². The normalized spacial score (nSPS) is 13.8. The van der Waals surface area contributed by atoms with Crippen molar-refractivity contribution in [3.63, 3.8) is 0 Å². The second-order valence-electron chi connectivity index (χ2n) is 10.1. The van der Waals surface area contributed by atoms with Crippen molar-refractivity contribution in [2.45, 2.75) is 58.9 Å². The smallest absolute Gasteiger partial charge is 0.257 e. The van der Waals surface area contributed by atoms with Gasteiger partial charge in [0.2, 0.25) is 5.91 Å². The number of rotatable bonds is 6. The fraction of sp³-hybridized carbons (Fsp3) is 0.407. The van der Waals surface area contributed by atoms with Gasteiger partial charge in [-0.05, 0) is 48.7 Å². The van der Waals surface area contributed by atoms with Gasteiger partial charge in [0.15, 0.2) is 0 Å². The predicted octanol–water partition coefficient (Wildman–Crippen LogP) is 6.32. The average Bonchev–Trinajstić information content (AvgIpc) is 3.36. The Labute approximate surface area is 223 Å². The summed E-state index contributed by atoms with van der Waals surface area (Å²) in [5.74, 6) is 1.65. The van der Waals surface area contributed by atoms with E-state index in [4.69, 9.17) is 21.6 Å². The summed E-state index contributed by atoms with van der Waals surface area (Å²) in [7, 11) is 1.86. The van der Waals surface area contributed by atoms with E-state index in [-0.39, 0.29) is 24.2 Å². The molecule has 36 heavy (non-hydrogen) atoms. The molecule has 1 aliphatic carbocycles. The summed E-state index contributed by atoms with van der Waals surface area (Å²) in [5.41, 5.74) is 2.07. The molecule has 0 spiro atoms. The van der Waals surface area contributed by atoms with Crippen molar-refractivity contribution in [1.29, 1.82) is 0 Å². The maximum Gasteiger partial charge on any atom is 0.257 e. The number of hydrogen-bond acceptors (Lipinski definition) is 5. The van der Waals surface area contributed by atoms with Crippen molar-refractivity contribution >= 4 is 58.2 Å². The zero-order valence-electron chi connectivity index (χ0n) is 21.1. The van der Waals surface area contributed by atoms with Crippen LogP contribution < -0.4 is 16.0 Å². The van der Waals surface area contributed by atoms with Crippen molar-refractivity contribution in [1.82, 2.24) is 15.3 Å². The van der Waals surface area contributed by atoms with Crippen molar-refractivity contribution in [3.05, 3.63) is 58.4 Å². The molecule has 0 aliphatic heterocycles. The molecule has 0 saturated heterocycles. The van der Waals surface area contributed by atoms with Crippen LogP contribution in [-0.2, 0) is 11.3 Å². The number of halogens is 2. The molecule has 0 bridgehead atoms. The minimum Gasteiger partial charge on any atom is -0.373 e. The second kappa shape index (κ2) is 11.4. The zero-order valence-corrected chi connectivity index (χ0v) is 22.6. The van der Waals surface area contributed by atoms with Crippen LogP contribution in [0.25, 0.3) is 10.9 Å². The van der Waals surface area contributed by atoms with E-state index in [0.717, 1.165) is 41.0 Å². The van der Waals surface area contributed by atoms with E-state index in [1.807, 2.05) is 46.0 Å². The Morgan fingerprint density at radius 2 is 1.78 bits per heavy atom. The van der Waals surface area contributed by atoms with Gasteiger partial charge in [0, 0.05) is 36.0 Å². The molecule has 4 rings (SSSR count). The van der Waals surface area contributed by atoms with Gasteiger partial charge in [-0.25, -0.2) is 9.97 Å². The SMILES string of the molecule is CNc1nc(C2CCCC2)nc2cc(NC(=O)c3cc(CNC(=O)C(C)(C)C)ccc3Cl)ccc12.Cl. The van der Waals surface area contributed by atoms with E-state index in [0.29, 0.717) is 28.7 Å². The van der Waals surface area contributed by atoms with Gasteiger partial charge in [0.1, 0.15) is 11.6 Å². The molecule has 3 aromatic rings. The summed E-state index contributed by atoms with van der Waals surface area (Å²) < 4.78 is 0. The number of aromatic nitrogens is 2. The highest BCUT2D eigenvalue weighted by atomic mass is 35.5. The predicted molar refractivity (Wildman–Crippen MR) is 148 cm³/mol. The lowest BCUT2D eigenvalue weighted by atomic mass is 9.95. The van der Waals surface area contributed by atoms with E-state index < -0.39 is 5.41 Å². The molecule has 3 N–H and O–H groups in total. The van der Waals surface area contributed by atoms with Crippen molar-refractivity contribution in [2.75, 3.05) is 17.7 Å². The summed E-state index contributed by atoms with van der Waals surface area (Å²) >= 11 is 6.34. The standard InChI is InChI=1S/C27H32ClN5O2.ClH/c1-27(2,3)26(35)30-15-16-9-12-21(28)20(13-16)25(34)31-18-10-11-19-22(14-18)32-23(33-24(19)29-4)17-7-5-6-8-17;/h9-14,17H,5-8,15H2,1-4H3,(H,30,35)(H,31,34)(H,29,32,33);1H. The first-order chi connectivity index (χ1) is 16.7. The Bertz CT molecular complexity index is 1270. The maximum absolute atomic E-state index is 13.1. The van der Waals surface area contributed by atoms with E-state index >= 15 is 0 Å². The van der Waals surface area contributed by atoms with Crippen LogP contribution in [0.2, 0.25) is 5.02 Å². The quantitative estimate of drug-likeness (QED) is 0.347. The first kappa shape index (κ1) is 27.7. The number of amides is 2. The number of fused-ring (bicyclic) bond motifs is 1. The van der Waals surface area contributed by atoms with E-state index in [1.54, 1.807) is 18.2 Å². The molecule has 1 aromatic heterocycles. The molecular formula is C27H33Cl2N5O2. The van der Waals surface area contributed by atoms with Gasteiger partial charge in [0.05, 0.1) is 16.1 Å². The molecule has 1 aliphatic rings. The van der Waals surface area contributed by atoms with Gasteiger partial charge in [-0.15, -0.1) is 12.4 Å². The van der Waals surface area contributed by atoms with Crippen LogP contribution in [0.15, 0.2) is 36.4 Å². The number of anilines is 2. The number of hydrogen-bond donors (Lipinski definition) is 3. The number of nitrogens with one attached hydrogen (secondary N) is 3. The fourth-order valence-corrected chi connectivity index (χ4v) is 4.49. The highest BCUT2D eigenvalue weighted by Gasteiger charge is 2.22. The van der Waals surface area contributed by atoms with Crippen LogP contribution in [0.3, 0.4) is 0 Å². The topological polar surface area (TPSA) is 96.0 Å². The van der Waals surface area contributed by atoms with Crippen LogP contribution in [-0.4, -0.2) is 28.8 Å².